The Morgan fingerprint density at radius 1 is 0.634 bits per heavy atom. The number of ketones is 1. The lowest BCUT2D eigenvalue weighted by atomic mass is 10.1. The second-order valence-corrected chi connectivity index (χ2v) is 10.9. The molecule has 0 atom stereocenters. The molecule has 5 rings (SSSR count). The van der Waals surface area contributed by atoms with Gasteiger partial charge in [-0.2, -0.15) is 0 Å². The van der Waals surface area contributed by atoms with Gasteiger partial charge in [0.05, 0.1) is 18.8 Å². The second kappa shape index (κ2) is 14.9. The maximum Gasteiger partial charge on any atom is 0.163 e. The molecule has 0 unspecified atom stereocenters. The Morgan fingerprint density at radius 2 is 1.12 bits per heavy atom. The van der Waals surface area contributed by atoms with E-state index >= 15 is 0 Å². The molecule has 2 heterocycles. The molecular formula is C34H44N4O3. The van der Waals surface area contributed by atoms with E-state index in [4.69, 9.17) is 9.47 Å². The van der Waals surface area contributed by atoms with E-state index in [1.807, 2.05) is 18.2 Å². The highest BCUT2D eigenvalue weighted by Crippen LogP contribution is 2.25. The van der Waals surface area contributed by atoms with E-state index in [9.17, 15) is 4.79 Å². The monoisotopic (exact) mass is 556 g/mol. The zero-order valence-corrected chi connectivity index (χ0v) is 24.4. The van der Waals surface area contributed by atoms with Gasteiger partial charge in [0.15, 0.2) is 5.78 Å². The van der Waals surface area contributed by atoms with E-state index in [-0.39, 0.29) is 5.78 Å². The van der Waals surface area contributed by atoms with Gasteiger partial charge in [-0.25, -0.2) is 0 Å². The van der Waals surface area contributed by atoms with Crippen molar-refractivity contribution in [1.82, 2.24) is 9.80 Å². The SMILES string of the molecule is CC(=O)c1cc(OCCCN2CCN(c3ccccc3)CC2)ccc1OCCCN1CCN(c2ccccc2)CC1. The van der Waals surface area contributed by atoms with Gasteiger partial charge >= 0.3 is 0 Å². The van der Waals surface area contributed by atoms with E-state index in [1.54, 1.807) is 6.92 Å². The zero-order valence-electron chi connectivity index (χ0n) is 24.4. The zero-order chi connectivity index (χ0) is 28.3. The van der Waals surface area contributed by atoms with Crippen LogP contribution in [0.15, 0.2) is 78.9 Å². The quantitative estimate of drug-likeness (QED) is 0.215. The van der Waals surface area contributed by atoms with Crippen LogP contribution in [0, 0.1) is 0 Å². The van der Waals surface area contributed by atoms with Gasteiger partial charge in [0, 0.05) is 76.8 Å². The van der Waals surface area contributed by atoms with Crippen LogP contribution in [-0.2, 0) is 0 Å². The minimum Gasteiger partial charge on any atom is -0.494 e. The molecule has 2 saturated heterocycles. The highest BCUT2D eigenvalue weighted by molar-refractivity contribution is 5.97. The molecular weight excluding hydrogens is 512 g/mol. The second-order valence-electron chi connectivity index (χ2n) is 10.9. The molecule has 2 aliphatic heterocycles. The topological polar surface area (TPSA) is 48.5 Å². The van der Waals surface area contributed by atoms with Crippen LogP contribution in [-0.4, -0.2) is 94.2 Å². The molecule has 0 spiro atoms. The van der Waals surface area contributed by atoms with Gasteiger partial charge in [0.2, 0.25) is 0 Å². The Bertz CT molecular complexity index is 1210. The van der Waals surface area contributed by atoms with Gasteiger partial charge in [-0.05, 0) is 62.2 Å². The fourth-order valence-corrected chi connectivity index (χ4v) is 5.69. The van der Waals surface area contributed by atoms with E-state index < -0.39 is 0 Å². The average Bonchev–Trinajstić information content (AvgIpc) is 3.03. The minimum atomic E-state index is -0.00114. The highest BCUT2D eigenvalue weighted by atomic mass is 16.5. The molecule has 2 fully saturated rings. The van der Waals surface area contributed by atoms with Crippen molar-refractivity contribution in [1.29, 1.82) is 0 Å². The first kappa shape index (κ1) is 29.0. The number of anilines is 2. The van der Waals surface area contributed by atoms with Gasteiger partial charge in [0.1, 0.15) is 11.5 Å². The summed E-state index contributed by atoms with van der Waals surface area (Å²) in [6, 6.07) is 26.9. The smallest absolute Gasteiger partial charge is 0.163 e. The fraction of sp³-hybridized carbons (Fsp3) is 0.441. The number of rotatable bonds is 13. The Morgan fingerprint density at radius 3 is 1.61 bits per heavy atom. The van der Waals surface area contributed by atoms with E-state index in [0.29, 0.717) is 24.5 Å². The van der Waals surface area contributed by atoms with Crippen LogP contribution >= 0.6 is 0 Å². The van der Waals surface area contributed by atoms with Crippen LogP contribution in [0.5, 0.6) is 11.5 Å². The molecule has 0 N–H and O–H groups in total. The Labute approximate surface area is 245 Å². The van der Waals surface area contributed by atoms with Gasteiger partial charge in [-0.1, -0.05) is 36.4 Å². The summed E-state index contributed by atoms with van der Waals surface area (Å²) in [5.41, 5.74) is 3.20. The van der Waals surface area contributed by atoms with Crippen molar-refractivity contribution in [3.63, 3.8) is 0 Å². The van der Waals surface area contributed by atoms with Crippen molar-refractivity contribution in [2.75, 3.05) is 88.5 Å². The number of benzene rings is 3. The first-order valence-corrected chi connectivity index (χ1v) is 15.1. The van der Waals surface area contributed by atoms with Crippen LogP contribution in [0.2, 0.25) is 0 Å². The van der Waals surface area contributed by atoms with E-state index in [1.165, 1.54) is 11.4 Å². The predicted molar refractivity (Wildman–Crippen MR) is 167 cm³/mol. The Hall–Kier alpha value is -3.55. The molecule has 0 saturated carbocycles. The first-order chi connectivity index (χ1) is 20.2. The van der Waals surface area contributed by atoms with Crippen molar-refractivity contribution in [2.45, 2.75) is 19.8 Å². The van der Waals surface area contributed by atoms with Crippen LogP contribution < -0.4 is 19.3 Å². The maximum atomic E-state index is 12.4. The maximum absolute atomic E-state index is 12.4. The molecule has 0 amide bonds. The molecule has 0 aromatic heterocycles. The highest BCUT2D eigenvalue weighted by Gasteiger charge is 2.18. The summed E-state index contributed by atoms with van der Waals surface area (Å²) in [4.78, 5) is 22.3. The van der Waals surface area contributed by atoms with Gasteiger partial charge in [-0.3, -0.25) is 14.6 Å². The minimum absolute atomic E-state index is 0.00114. The number of carbonyl (C=O) groups excluding carboxylic acids is 1. The number of para-hydroxylation sites is 2. The summed E-state index contributed by atoms with van der Waals surface area (Å²) in [5.74, 6) is 1.38. The lowest BCUT2D eigenvalue weighted by Crippen LogP contribution is -2.46. The number of hydrogen-bond donors (Lipinski definition) is 0. The van der Waals surface area contributed by atoms with E-state index in [0.717, 1.165) is 84.0 Å². The lowest BCUT2D eigenvalue weighted by Gasteiger charge is -2.36. The molecule has 7 nitrogen and oxygen atoms in total. The van der Waals surface area contributed by atoms with Gasteiger partial charge < -0.3 is 19.3 Å². The molecule has 3 aromatic carbocycles. The summed E-state index contributed by atoms with van der Waals surface area (Å²) in [6.07, 6.45) is 1.89. The van der Waals surface area contributed by atoms with Crippen LogP contribution in [0.4, 0.5) is 11.4 Å². The molecule has 218 valence electrons. The molecule has 2 aliphatic rings. The summed E-state index contributed by atoms with van der Waals surface area (Å²) in [5, 5.41) is 0. The number of carbonyl (C=O) groups is 1. The number of nitrogens with zero attached hydrogens (tertiary/aromatic N) is 4. The Balaban J connectivity index is 0.985. The van der Waals surface area contributed by atoms with Gasteiger partial charge in [0.25, 0.3) is 0 Å². The summed E-state index contributed by atoms with van der Waals surface area (Å²) < 4.78 is 12.1. The molecule has 0 aliphatic carbocycles. The van der Waals surface area contributed by atoms with Crippen molar-refractivity contribution in [3.8, 4) is 11.5 Å². The largest absolute Gasteiger partial charge is 0.494 e. The van der Waals surface area contributed by atoms with E-state index in [2.05, 4.69) is 80.3 Å². The van der Waals surface area contributed by atoms with Crippen molar-refractivity contribution in [3.05, 3.63) is 84.4 Å². The summed E-state index contributed by atoms with van der Waals surface area (Å²) in [6.45, 7) is 13.3. The average molecular weight is 557 g/mol. The van der Waals surface area contributed by atoms with Crippen molar-refractivity contribution < 1.29 is 14.3 Å². The standard InChI is InChI=1S/C34H44N4O3/c1-29(39)33-28-32(40-26-8-16-35-18-22-37(23-19-35)30-10-4-2-5-11-30)14-15-34(33)41-27-9-17-36-20-24-38(25-21-36)31-12-6-3-7-13-31/h2-7,10-15,28H,8-9,16-27H2,1H3. The van der Waals surface area contributed by atoms with Crippen LogP contribution in [0.25, 0.3) is 0 Å². The molecule has 0 bridgehead atoms. The number of ether oxygens (including phenoxy) is 2. The molecule has 0 radical (unpaired) electrons. The third-order valence-electron chi connectivity index (χ3n) is 8.08. The number of Topliss-reactive ketones (excluding diaryl/α,β-unsaturated/α-hetero) is 1. The predicted octanol–water partition coefficient (Wildman–Crippen LogP) is 5.07. The summed E-state index contributed by atoms with van der Waals surface area (Å²) in [7, 11) is 0. The Kier molecular flexibility index (Phi) is 10.5. The third kappa shape index (κ3) is 8.47. The fourth-order valence-electron chi connectivity index (χ4n) is 5.69. The molecule has 3 aromatic rings. The van der Waals surface area contributed by atoms with Crippen molar-refractivity contribution in [2.24, 2.45) is 0 Å². The third-order valence-corrected chi connectivity index (χ3v) is 8.08. The normalized spacial score (nSPS) is 16.5. The first-order valence-electron chi connectivity index (χ1n) is 15.1. The lowest BCUT2D eigenvalue weighted by molar-refractivity contribution is 0.101. The van der Waals surface area contributed by atoms with Crippen LogP contribution in [0.3, 0.4) is 0 Å². The number of piperazine rings is 2. The van der Waals surface area contributed by atoms with Gasteiger partial charge in [-0.15, -0.1) is 0 Å². The molecule has 41 heavy (non-hydrogen) atoms. The van der Waals surface area contributed by atoms with Crippen LogP contribution in [0.1, 0.15) is 30.1 Å². The van der Waals surface area contributed by atoms with Crippen molar-refractivity contribution >= 4 is 17.2 Å². The molecule has 7 heteroatoms. The summed E-state index contributed by atoms with van der Waals surface area (Å²) >= 11 is 0. The number of hydrogen-bond acceptors (Lipinski definition) is 7.